The van der Waals surface area contributed by atoms with E-state index in [1.54, 1.807) is 18.2 Å². The molecular weight excluding hydrogens is 623 g/mol. The van der Waals surface area contributed by atoms with Gasteiger partial charge in [0.1, 0.15) is 23.8 Å². The molecule has 3 aliphatic rings. The summed E-state index contributed by atoms with van der Waals surface area (Å²) >= 11 is 19.8. The summed E-state index contributed by atoms with van der Waals surface area (Å²) in [6.45, 7) is 1.86. The zero-order valence-corrected chi connectivity index (χ0v) is 25.7. The molecule has 0 amide bonds. The first-order valence-corrected chi connectivity index (χ1v) is 15.8. The van der Waals surface area contributed by atoms with E-state index in [1.165, 1.54) is 5.56 Å². The standard InChI is InChI=1S/C33H27Cl3N4O4/c34-24-2-1-3-25(35)29(24)30-23(32(44-38-30)17-4-5-17)16-43-21-9-11-27(26(36)13-21)39-14-19(15-39)18-6-10-22-28(12-18)40(20-7-8-20)37-31(22)33(41)42/h1-3,6,9-13,17,19-20H,4-5,7-8,14-16H2,(H,41,42). The Bertz CT molecular complexity index is 1920. The van der Waals surface area contributed by atoms with Crippen molar-refractivity contribution >= 4 is 57.4 Å². The van der Waals surface area contributed by atoms with Crippen molar-refractivity contribution in [2.75, 3.05) is 18.0 Å². The quantitative estimate of drug-likeness (QED) is 0.171. The molecule has 1 N–H and O–H groups in total. The molecule has 3 aromatic carbocycles. The third kappa shape index (κ3) is 4.89. The van der Waals surface area contributed by atoms with Crippen LogP contribution in [0.5, 0.6) is 5.75 Å². The van der Waals surface area contributed by atoms with Gasteiger partial charge < -0.3 is 19.3 Å². The summed E-state index contributed by atoms with van der Waals surface area (Å²) in [4.78, 5) is 14.0. The highest BCUT2D eigenvalue weighted by molar-refractivity contribution is 6.39. The smallest absolute Gasteiger partial charge is 0.357 e. The molecule has 5 aromatic rings. The Morgan fingerprint density at radius 2 is 1.73 bits per heavy atom. The fourth-order valence-corrected chi connectivity index (χ4v) is 6.95. The van der Waals surface area contributed by atoms with E-state index in [4.69, 9.17) is 44.1 Å². The summed E-state index contributed by atoms with van der Waals surface area (Å²) in [5.41, 5.74) is 5.25. The van der Waals surface area contributed by atoms with Crippen LogP contribution in [-0.4, -0.2) is 39.1 Å². The van der Waals surface area contributed by atoms with Gasteiger partial charge in [-0.15, -0.1) is 0 Å². The number of halogens is 3. The minimum atomic E-state index is -0.991. The van der Waals surface area contributed by atoms with E-state index >= 15 is 0 Å². The third-order valence-corrected chi connectivity index (χ3v) is 9.72. The van der Waals surface area contributed by atoms with Crippen LogP contribution in [0.3, 0.4) is 0 Å². The lowest BCUT2D eigenvalue weighted by molar-refractivity contribution is 0.0691. The predicted octanol–water partition coefficient (Wildman–Crippen LogP) is 8.74. The molecule has 3 heterocycles. The van der Waals surface area contributed by atoms with Gasteiger partial charge in [-0.05, 0) is 61.6 Å². The molecule has 0 unspecified atom stereocenters. The van der Waals surface area contributed by atoms with E-state index in [2.05, 4.69) is 21.2 Å². The van der Waals surface area contributed by atoms with Crippen molar-refractivity contribution in [1.82, 2.24) is 14.9 Å². The van der Waals surface area contributed by atoms with Gasteiger partial charge in [-0.2, -0.15) is 5.10 Å². The first-order valence-electron chi connectivity index (χ1n) is 14.7. The van der Waals surface area contributed by atoms with E-state index in [1.807, 2.05) is 35.0 Å². The second kappa shape index (κ2) is 10.7. The van der Waals surface area contributed by atoms with Crippen molar-refractivity contribution in [1.29, 1.82) is 0 Å². The fraction of sp³-hybridized carbons (Fsp3) is 0.303. The number of hydrogen-bond donors (Lipinski definition) is 1. The first-order chi connectivity index (χ1) is 21.4. The normalized spacial score (nSPS) is 16.8. The molecule has 11 heteroatoms. The number of hydrogen-bond acceptors (Lipinski definition) is 6. The maximum atomic E-state index is 11.7. The van der Waals surface area contributed by atoms with Crippen LogP contribution in [0.1, 0.15) is 70.9 Å². The summed E-state index contributed by atoms with van der Waals surface area (Å²) < 4.78 is 13.9. The Morgan fingerprint density at radius 3 is 2.41 bits per heavy atom. The van der Waals surface area contributed by atoms with E-state index in [9.17, 15) is 9.90 Å². The number of carboxylic acids is 1. The average Bonchev–Trinajstić information content (AvgIpc) is 3.92. The maximum Gasteiger partial charge on any atom is 0.357 e. The van der Waals surface area contributed by atoms with Crippen molar-refractivity contribution in [2.24, 2.45) is 0 Å². The molecule has 0 atom stereocenters. The fourth-order valence-electron chi connectivity index (χ4n) is 6.09. The lowest BCUT2D eigenvalue weighted by Crippen LogP contribution is -2.45. The third-order valence-electron chi connectivity index (χ3n) is 8.79. The number of ether oxygens (including phenoxy) is 1. The Kier molecular flexibility index (Phi) is 6.77. The zero-order valence-electron chi connectivity index (χ0n) is 23.5. The number of fused-ring (bicyclic) bond motifs is 1. The molecule has 8 nitrogen and oxygen atoms in total. The predicted molar refractivity (Wildman–Crippen MR) is 170 cm³/mol. The van der Waals surface area contributed by atoms with Gasteiger partial charge in [0.25, 0.3) is 0 Å². The van der Waals surface area contributed by atoms with Crippen molar-refractivity contribution in [3.63, 3.8) is 0 Å². The number of rotatable bonds is 9. The van der Waals surface area contributed by atoms with Crippen LogP contribution in [0.4, 0.5) is 5.69 Å². The van der Waals surface area contributed by atoms with Crippen LogP contribution in [-0.2, 0) is 6.61 Å². The Hall–Kier alpha value is -3.72. The minimum absolute atomic E-state index is 0.124. The molecule has 44 heavy (non-hydrogen) atoms. The Morgan fingerprint density at radius 1 is 0.955 bits per heavy atom. The van der Waals surface area contributed by atoms with E-state index in [-0.39, 0.29) is 12.3 Å². The minimum Gasteiger partial charge on any atom is -0.489 e. The van der Waals surface area contributed by atoms with Crippen LogP contribution in [0.2, 0.25) is 15.1 Å². The van der Waals surface area contributed by atoms with Crippen molar-refractivity contribution in [3.8, 4) is 17.0 Å². The lowest BCUT2D eigenvalue weighted by Gasteiger charge is -2.42. The second-order valence-electron chi connectivity index (χ2n) is 11.9. The van der Waals surface area contributed by atoms with Gasteiger partial charge in [0, 0.05) is 41.9 Å². The summed E-state index contributed by atoms with van der Waals surface area (Å²) in [6.07, 6.45) is 4.17. The van der Waals surface area contributed by atoms with Gasteiger partial charge >= 0.3 is 5.97 Å². The maximum absolute atomic E-state index is 11.7. The Labute approximate surface area is 268 Å². The highest BCUT2D eigenvalue weighted by Gasteiger charge is 2.35. The Balaban J connectivity index is 0.977. The van der Waals surface area contributed by atoms with Crippen LogP contribution < -0.4 is 9.64 Å². The highest BCUT2D eigenvalue weighted by atomic mass is 35.5. The van der Waals surface area contributed by atoms with Gasteiger partial charge in [-0.1, -0.05) is 58.2 Å². The molecule has 8 rings (SSSR count). The zero-order chi connectivity index (χ0) is 30.1. The lowest BCUT2D eigenvalue weighted by atomic mass is 9.90. The molecule has 224 valence electrons. The van der Waals surface area contributed by atoms with Gasteiger partial charge in [0.05, 0.1) is 37.9 Å². The van der Waals surface area contributed by atoms with Crippen LogP contribution in [0.15, 0.2) is 59.1 Å². The molecule has 3 fully saturated rings. The molecule has 1 aliphatic heterocycles. The second-order valence-corrected chi connectivity index (χ2v) is 13.1. The van der Waals surface area contributed by atoms with Crippen LogP contribution >= 0.6 is 34.8 Å². The molecular formula is C33H27Cl3N4O4. The monoisotopic (exact) mass is 648 g/mol. The summed E-state index contributed by atoms with van der Waals surface area (Å²) in [6, 6.07) is 17.5. The molecule has 2 saturated carbocycles. The molecule has 2 aromatic heterocycles. The molecule has 0 radical (unpaired) electrons. The highest BCUT2D eigenvalue weighted by Crippen LogP contribution is 2.46. The number of carbonyl (C=O) groups is 1. The van der Waals surface area contributed by atoms with Gasteiger partial charge in [-0.25, -0.2) is 4.79 Å². The number of aromatic carboxylic acids is 1. The number of nitrogens with zero attached hydrogens (tertiary/aromatic N) is 4. The number of benzene rings is 3. The summed E-state index contributed by atoms with van der Waals surface area (Å²) in [5, 5.41) is 20.7. The van der Waals surface area contributed by atoms with Gasteiger partial charge in [0.2, 0.25) is 0 Å². The van der Waals surface area contributed by atoms with E-state index in [0.717, 1.165) is 61.3 Å². The van der Waals surface area contributed by atoms with Crippen molar-refractivity contribution < 1.29 is 19.2 Å². The first kappa shape index (κ1) is 27.8. The SMILES string of the molecule is O=C(O)c1nn(C2CC2)c2cc(C3CN(c4ccc(OCc5c(-c6c(Cl)cccc6Cl)noc5C5CC5)cc4Cl)C3)ccc12. The number of carboxylic acid groups (broad SMARTS) is 1. The van der Waals surface area contributed by atoms with Gasteiger partial charge in [-0.3, -0.25) is 4.68 Å². The van der Waals surface area contributed by atoms with Crippen LogP contribution in [0, 0.1) is 0 Å². The molecule has 0 bridgehead atoms. The average molecular weight is 650 g/mol. The topological polar surface area (TPSA) is 93.6 Å². The van der Waals surface area contributed by atoms with Crippen molar-refractivity contribution in [3.05, 3.63) is 92.2 Å². The van der Waals surface area contributed by atoms with E-state index in [0.29, 0.717) is 55.3 Å². The number of aromatic nitrogens is 3. The largest absolute Gasteiger partial charge is 0.489 e. The molecule has 0 spiro atoms. The van der Waals surface area contributed by atoms with Crippen LogP contribution in [0.25, 0.3) is 22.2 Å². The van der Waals surface area contributed by atoms with E-state index < -0.39 is 5.97 Å². The van der Waals surface area contributed by atoms with Gasteiger partial charge in [0.15, 0.2) is 5.69 Å². The molecule has 2 aliphatic carbocycles. The summed E-state index contributed by atoms with van der Waals surface area (Å²) in [7, 11) is 0. The summed E-state index contributed by atoms with van der Waals surface area (Å²) in [5.74, 6) is 1.11. The molecule has 1 saturated heterocycles. The number of anilines is 1. The van der Waals surface area contributed by atoms with Crippen molar-refractivity contribution in [2.45, 2.75) is 50.2 Å².